The third-order valence-electron chi connectivity index (χ3n) is 7.22. The Morgan fingerprint density at radius 3 is 1.75 bits per heavy atom. The van der Waals surface area contributed by atoms with Crippen molar-refractivity contribution in [2.75, 3.05) is 13.2 Å². The number of benzene rings is 3. The molecule has 0 fully saturated rings. The van der Waals surface area contributed by atoms with Crippen molar-refractivity contribution in [1.82, 2.24) is 0 Å². The molecule has 1 atom stereocenters. The van der Waals surface area contributed by atoms with Gasteiger partial charge in [-0.2, -0.15) is 0 Å². The van der Waals surface area contributed by atoms with Crippen molar-refractivity contribution in [3.63, 3.8) is 0 Å². The Balaban J connectivity index is 1.39. The predicted molar refractivity (Wildman–Crippen MR) is 165 cm³/mol. The molecule has 0 bridgehead atoms. The van der Waals surface area contributed by atoms with Crippen molar-refractivity contribution in [2.24, 2.45) is 5.92 Å². The van der Waals surface area contributed by atoms with Gasteiger partial charge in [-0.05, 0) is 91.3 Å². The van der Waals surface area contributed by atoms with Gasteiger partial charge in [-0.3, -0.25) is 0 Å². The Kier molecular flexibility index (Phi) is 13.9. The van der Waals surface area contributed by atoms with Crippen LogP contribution in [0.4, 0.5) is 0 Å². The first-order valence-electron chi connectivity index (χ1n) is 15.0. The highest BCUT2D eigenvalue weighted by Crippen LogP contribution is 2.25. The summed E-state index contributed by atoms with van der Waals surface area (Å²) in [6, 6.07) is 22.8. The van der Waals surface area contributed by atoms with E-state index in [0.29, 0.717) is 17.9 Å². The van der Waals surface area contributed by atoms with E-state index >= 15 is 0 Å². The molecule has 1 unspecified atom stereocenters. The van der Waals surface area contributed by atoms with Gasteiger partial charge in [0.05, 0.1) is 18.8 Å². The molecule has 3 aromatic carbocycles. The van der Waals surface area contributed by atoms with Crippen LogP contribution in [0.1, 0.15) is 88.4 Å². The molecule has 0 amide bonds. The minimum Gasteiger partial charge on any atom is -0.494 e. The summed E-state index contributed by atoms with van der Waals surface area (Å²) in [4.78, 5) is 12.6. The number of allylic oxidation sites excluding steroid dienone is 1. The van der Waals surface area contributed by atoms with Crippen LogP contribution in [-0.4, -0.2) is 19.2 Å². The molecule has 3 aromatic rings. The number of carbonyl (C=O) groups is 1. The molecular formula is C36H46O4. The predicted octanol–water partition coefficient (Wildman–Crippen LogP) is 10.1. The van der Waals surface area contributed by atoms with Crippen LogP contribution in [0.5, 0.6) is 17.2 Å². The Labute approximate surface area is 241 Å². The Morgan fingerprint density at radius 1 is 0.700 bits per heavy atom. The lowest BCUT2D eigenvalue weighted by molar-refractivity contribution is 0.0734. The molecule has 214 valence electrons. The summed E-state index contributed by atoms with van der Waals surface area (Å²) in [5.41, 5.74) is 2.63. The lowest BCUT2D eigenvalue weighted by Crippen LogP contribution is -2.08. The second-order valence-electron chi connectivity index (χ2n) is 10.5. The third kappa shape index (κ3) is 11.3. The fourth-order valence-corrected chi connectivity index (χ4v) is 4.41. The largest absolute Gasteiger partial charge is 0.494 e. The summed E-state index contributed by atoms with van der Waals surface area (Å²) in [6.07, 6.45) is 13.8. The van der Waals surface area contributed by atoms with Gasteiger partial charge < -0.3 is 14.2 Å². The molecule has 0 spiro atoms. The van der Waals surface area contributed by atoms with Gasteiger partial charge in [0.2, 0.25) is 0 Å². The summed E-state index contributed by atoms with van der Waals surface area (Å²) in [5, 5.41) is 0. The van der Waals surface area contributed by atoms with Crippen molar-refractivity contribution >= 4 is 5.97 Å². The highest BCUT2D eigenvalue weighted by molar-refractivity contribution is 5.91. The lowest BCUT2D eigenvalue weighted by atomic mass is 10.0. The van der Waals surface area contributed by atoms with E-state index in [1.54, 1.807) is 12.1 Å². The summed E-state index contributed by atoms with van der Waals surface area (Å²) in [6.45, 7) is 9.75. The lowest BCUT2D eigenvalue weighted by Gasteiger charge is -2.10. The van der Waals surface area contributed by atoms with Crippen molar-refractivity contribution in [3.05, 3.63) is 91.0 Å². The van der Waals surface area contributed by atoms with Gasteiger partial charge in [0.25, 0.3) is 0 Å². The standard InChI is InChI=1S/C36H46O4/c1-4-6-7-8-9-12-27-38-33-21-15-30(16-22-33)31-17-25-35(26-18-31)40-36(37)32-19-23-34(24-20-32)39-28-13-10-11-14-29(3)5-2/h4,15-26,29H,1,5-14,27-28H2,2-3H3. The molecule has 0 radical (unpaired) electrons. The number of hydrogen-bond acceptors (Lipinski definition) is 4. The first kappa shape index (κ1) is 31.0. The van der Waals surface area contributed by atoms with Crippen molar-refractivity contribution in [3.8, 4) is 28.4 Å². The van der Waals surface area contributed by atoms with Crippen LogP contribution in [0.3, 0.4) is 0 Å². The molecule has 4 nitrogen and oxygen atoms in total. The van der Waals surface area contributed by atoms with Gasteiger partial charge in [-0.1, -0.05) is 82.7 Å². The van der Waals surface area contributed by atoms with E-state index < -0.39 is 0 Å². The van der Waals surface area contributed by atoms with Gasteiger partial charge >= 0.3 is 5.97 Å². The van der Waals surface area contributed by atoms with Crippen molar-refractivity contribution in [2.45, 2.75) is 78.1 Å². The summed E-state index contributed by atoms with van der Waals surface area (Å²) in [7, 11) is 0. The normalized spacial score (nSPS) is 11.6. The van der Waals surface area contributed by atoms with E-state index in [-0.39, 0.29) is 5.97 Å². The topological polar surface area (TPSA) is 44.8 Å². The zero-order valence-electron chi connectivity index (χ0n) is 24.4. The molecule has 0 saturated heterocycles. The van der Waals surface area contributed by atoms with Crippen molar-refractivity contribution < 1.29 is 19.0 Å². The molecule has 0 aliphatic carbocycles. The minimum absolute atomic E-state index is 0.383. The third-order valence-corrected chi connectivity index (χ3v) is 7.22. The van der Waals surface area contributed by atoms with Gasteiger partial charge in [0.15, 0.2) is 0 Å². The van der Waals surface area contributed by atoms with E-state index in [4.69, 9.17) is 14.2 Å². The van der Waals surface area contributed by atoms with E-state index in [9.17, 15) is 4.79 Å². The number of hydrogen-bond donors (Lipinski definition) is 0. The van der Waals surface area contributed by atoms with Crippen LogP contribution in [0.25, 0.3) is 11.1 Å². The molecule has 0 saturated carbocycles. The zero-order valence-corrected chi connectivity index (χ0v) is 24.4. The maximum atomic E-state index is 12.6. The van der Waals surface area contributed by atoms with Crippen LogP contribution >= 0.6 is 0 Å². The fraction of sp³-hybridized carbons (Fsp3) is 0.417. The highest BCUT2D eigenvalue weighted by atomic mass is 16.5. The van der Waals surface area contributed by atoms with Crippen LogP contribution < -0.4 is 14.2 Å². The average Bonchev–Trinajstić information content (AvgIpc) is 2.99. The number of ether oxygens (including phenoxy) is 3. The second-order valence-corrected chi connectivity index (χ2v) is 10.5. The maximum Gasteiger partial charge on any atom is 0.343 e. The monoisotopic (exact) mass is 542 g/mol. The first-order chi connectivity index (χ1) is 19.6. The number of rotatable bonds is 19. The molecule has 0 heterocycles. The van der Waals surface area contributed by atoms with Gasteiger partial charge in [0, 0.05) is 0 Å². The van der Waals surface area contributed by atoms with E-state index in [1.807, 2.05) is 54.6 Å². The van der Waals surface area contributed by atoms with Gasteiger partial charge in [-0.15, -0.1) is 6.58 Å². The summed E-state index contributed by atoms with van der Waals surface area (Å²) >= 11 is 0. The minimum atomic E-state index is -0.383. The van der Waals surface area contributed by atoms with Crippen LogP contribution in [-0.2, 0) is 0 Å². The Hall–Kier alpha value is -3.53. The zero-order chi connectivity index (χ0) is 28.4. The van der Waals surface area contributed by atoms with Crippen molar-refractivity contribution in [1.29, 1.82) is 0 Å². The molecule has 0 aliphatic heterocycles. The van der Waals surface area contributed by atoms with Gasteiger partial charge in [-0.25, -0.2) is 4.79 Å². The average molecular weight is 543 g/mol. The molecule has 40 heavy (non-hydrogen) atoms. The highest BCUT2D eigenvalue weighted by Gasteiger charge is 2.10. The molecule has 0 aliphatic rings. The van der Waals surface area contributed by atoms with Crippen LogP contribution in [0.2, 0.25) is 0 Å². The Bertz CT molecular complexity index is 1120. The van der Waals surface area contributed by atoms with E-state index in [1.165, 1.54) is 44.9 Å². The maximum absolute atomic E-state index is 12.6. The first-order valence-corrected chi connectivity index (χ1v) is 15.0. The summed E-state index contributed by atoms with van der Waals surface area (Å²) in [5.74, 6) is 2.60. The number of unbranched alkanes of at least 4 members (excludes halogenated alkanes) is 6. The van der Waals surface area contributed by atoms with Gasteiger partial charge in [0.1, 0.15) is 17.2 Å². The summed E-state index contributed by atoms with van der Waals surface area (Å²) < 4.78 is 17.3. The number of carbonyl (C=O) groups excluding carboxylic acids is 1. The quantitative estimate of drug-likeness (QED) is 0.0654. The molecule has 4 heteroatoms. The molecule has 0 aromatic heterocycles. The van der Waals surface area contributed by atoms with Crippen LogP contribution in [0.15, 0.2) is 85.5 Å². The SMILES string of the molecule is C=CCCCCCCOc1ccc(-c2ccc(OC(=O)c3ccc(OCCCCCC(C)CC)cc3)cc2)cc1. The smallest absolute Gasteiger partial charge is 0.343 e. The van der Waals surface area contributed by atoms with E-state index in [0.717, 1.165) is 54.4 Å². The van der Waals surface area contributed by atoms with E-state index in [2.05, 4.69) is 32.6 Å². The molecular weight excluding hydrogens is 496 g/mol. The molecule has 3 rings (SSSR count). The van der Waals surface area contributed by atoms with Crippen LogP contribution in [0, 0.1) is 5.92 Å². The second kappa shape index (κ2) is 17.9. The Morgan fingerprint density at radius 2 is 1.20 bits per heavy atom. The fourth-order valence-electron chi connectivity index (χ4n) is 4.41. The molecule has 0 N–H and O–H groups in total. The number of esters is 1.